The van der Waals surface area contributed by atoms with Crippen LogP contribution in [-0.2, 0) is 20.9 Å². The van der Waals surface area contributed by atoms with Crippen LogP contribution in [0.4, 0.5) is 0 Å². The first-order valence-corrected chi connectivity index (χ1v) is 7.59. The fourth-order valence-electron chi connectivity index (χ4n) is 2.12. The average molecular weight is 294 g/mol. The van der Waals surface area contributed by atoms with Crippen LogP contribution in [0.25, 0.3) is 0 Å². The standard InChI is InChI=1S/C14H18N2O3S/c1-10-6-8-20-11(10)9-15-12(17)3-2-7-16-13(18)4-5-14(16)19/h6,8H,2-5,7,9H2,1H3,(H,15,17). The Morgan fingerprint density at radius 3 is 2.65 bits per heavy atom. The maximum Gasteiger partial charge on any atom is 0.229 e. The molecule has 5 nitrogen and oxygen atoms in total. The molecule has 0 aromatic carbocycles. The molecule has 0 spiro atoms. The summed E-state index contributed by atoms with van der Waals surface area (Å²) in [6.45, 7) is 2.91. The lowest BCUT2D eigenvalue weighted by molar-refractivity contribution is -0.138. The summed E-state index contributed by atoms with van der Waals surface area (Å²) in [5, 5.41) is 4.86. The Labute approximate surface area is 122 Å². The first-order valence-electron chi connectivity index (χ1n) is 6.71. The molecule has 0 saturated carbocycles. The predicted octanol–water partition coefficient (Wildman–Crippen LogP) is 1.60. The van der Waals surface area contributed by atoms with Crippen LogP contribution in [0, 0.1) is 6.92 Å². The molecule has 108 valence electrons. The first kappa shape index (κ1) is 14.7. The van der Waals surface area contributed by atoms with Crippen molar-refractivity contribution >= 4 is 29.1 Å². The normalized spacial score (nSPS) is 14.9. The van der Waals surface area contributed by atoms with Crippen LogP contribution in [0.15, 0.2) is 11.4 Å². The Bertz CT molecular complexity index is 508. The van der Waals surface area contributed by atoms with E-state index in [0.717, 1.165) is 4.88 Å². The highest BCUT2D eigenvalue weighted by Gasteiger charge is 2.28. The van der Waals surface area contributed by atoms with Gasteiger partial charge in [-0.3, -0.25) is 19.3 Å². The van der Waals surface area contributed by atoms with E-state index in [1.807, 2.05) is 18.4 Å². The minimum atomic E-state index is -0.121. The molecule has 3 amide bonds. The number of hydrogen-bond acceptors (Lipinski definition) is 4. The molecule has 0 aliphatic carbocycles. The van der Waals surface area contributed by atoms with Gasteiger partial charge >= 0.3 is 0 Å². The van der Waals surface area contributed by atoms with Gasteiger partial charge in [0.15, 0.2) is 0 Å². The van der Waals surface area contributed by atoms with Gasteiger partial charge in [0, 0.05) is 30.7 Å². The van der Waals surface area contributed by atoms with Gasteiger partial charge in [0.2, 0.25) is 17.7 Å². The highest BCUT2D eigenvalue weighted by atomic mass is 32.1. The van der Waals surface area contributed by atoms with Crippen LogP contribution in [-0.4, -0.2) is 29.2 Å². The minimum Gasteiger partial charge on any atom is -0.351 e. The molecule has 1 aliphatic rings. The number of rotatable bonds is 6. The second-order valence-corrected chi connectivity index (χ2v) is 5.85. The molecule has 20 heavy (non-hydrogen) atoms. The van der Waals surface area contributed by atoms with Crippen LogP contribution in [0.5, 0.6) is 0 Å². The minimum absolute atomic E-state index is 0.0445. The Hall–Kier alpha value is -1.69. The van der Waals surface area contributed by atoms with Gasteiger partial charge in [-0.05, 0) is 30.4 Å². The number of amides is 3. The summed E-state index contributed by atoms with van der Waals surface area (Å²) in [5.41, 5.74) is 1.18. The largest absolute Gasteiger partial charge is 0.351 e. The number of likely N-dealkylation sites (tertiary alicyclic amines) is 1. The number of carbonyl (C=O) groups excluding carboxylic acids is 3. The monoisotopic (exact) mass is 294 g/mol. The van der Waals surface area contributed by atoms with Crippen LogP contribution in [0.2, 0.25) is 0 Å². The van der Waals surface area contributed by atoms with E-state index >= 15 is 0 Å². The van der Waals surface area contributed by atoms with Crippen molar-refractivity contribution in [2.75, 3.05) is 6.54 Å². The molecule has 0 atom stereocenters. The SMILES string of the molecule is Cc1ccsc1CNC(=O)CCCN1C(=O)CCC1=O. The molecule has 0 bridgehead atoms. The molecule has 1 saturated heterocycles. The number of imide groups is 1. The van der Waals surface area contributed by atoms with Gasteiger partial charge in [-0.2, -0.15) is 0 Å². The van der Waals surface area contributed by atoms with Crippen molar-refractivity contribution in [3.63, 3.8) is 0 Å². The van der Waals surface area contributed by atoms with Crippen LogP contribution in [0.3, 0.4) is 0 Å². The molecule has 1 aromatic heterocycles. The summed E-state index contributed by atoms with van der Waals surface area (Å²) in [4.78, 5) is 36.9. The van der Waals surface area contributed by atoms with Crippen LogP contribution < -0.4 is 5.32 Å². The zero-order valence-electron chi connectivity index (χ0n) is 11.5. The van der Waals surface area contributed by atoms with E-state index in [-0.39, 0.29) is 17.7 Å². The molecular formula is C14H18N2O3S. The number of carbonyl (C=O) groups is 3. The lowest BCUT2D eigenvalue weighted by Gasteiger charge is -2.13. The van der Waals surface area contributed by atoms with Gasteiger partial charge in [-0.1, -0.05) is 0 Å². The molecule has 2 heterocycles. The number of hydrogen-bond donors (Lipinski definition) is 1. The smallest absolute Gasteiger partial charge is 0.229 e. The first-order chi connectivity index (χ1) is 9.58. The van der Waals surface area contributed by atoms with Crippen molar-refractivity contribution in [1.82, 2.24) is 10.2 Å². The molecule has 6 heteroatoms. The lowest BCUT2D eigenvalue weighted by Crippen LogP contribution is -2.31. The van der Waals surface area contributed by atoms with Crippen molar-refractivity contribution in [2.24, 2.45) is 0 Å². The fraction of sp³-hybridized carbons (Fsp3) is 0.500. The molecular weight excluding hydrogens is 276 g/mol. The zero-order valence-corrected chi connectivity index (χ0v) is 12.3. The highest BCUT2D eigenvalue weighted by molar-refractivity contribution is 7.10. The number of nitrogens with one attached hydrogen (secondary N) is 1. The van der Waals surface area contributed by atoms with Gasteiger partial charge < -0.3 is 5.32 Å². The quantitative estimate of drug-likeness (QED) is 0.810. The van der Waals surface area contributed by atoms with Crippen LogP contribution >= 0.6 is 11.3 Å². The van der Waals surface area contributed by atoms with Crippen LogP contribution in [0.1, 0.15) is 36.1 Å². The van der Waals surface area contributed by atoms with E-state index in [9.17, 15) is 14.4 Å². The second-order valence-electron chi connectivity index (χ2n) is 4.85. The number of thiophene rings is 1. The molecule has 1 aliphatic heterocycles. The van der Waals surface area contributed by atoms with Crippen molar-refractivity contribution in [3.05, 3.63) is 21.9 Å². The number of nitrogens with zero attached hydrogens (tertiary/aromatic N) is 1. The summed E-state index contributed by atoms with van der Waals surface area (Å²) in [7, 11) is 0. The number of aryl methyl sites for hydroxylation is 1. The van der Waals surface area contributed by atoms with Gasteiger partial charge in [0.1, 0.15) is 0 Å². The van der Waals surface area contributed by atoms with Crippen molar-refractivity contribution < 1.29 is 14.4 Å². The van der Waals surface area contributed by atoms with Gasteiger partial charge in [-0.25, -0.2) is 0 Å². The second kappa shape index (κ2) is 6.65. The van der Waals surface area contributed by atoms with Crippen molar-refractivity contribution in [3.8, 4) is 0 Å². The topological polar surface area (TPSA) is 66.5 Å². The van der Waals surface area contributed by atoms with E-state index in [4.69, 9.17) is 0 Å². The van der Waals surface area contributed by atoms with E-state index in [1.54, 1.807) is 11.3 Å². The highest BCUT2D eigenvalue weighted by Crippen LogP contribution is 2.15. The maximum absolute atomic E-state index is 11.7. The van der Waals surface area contributed by atoms with Gasteiger partial charge in [-0.15, -0.1) is 11.3 Å². The summed E-state index contributed by atoms with van der Waals surface area (Å²) in [6.07, 6.45) is 1.47. The molecule has 0 unspecified atom stereocenters. The van der Waals surface area contributed by atoms with Gasteiger partial charge in [0.05, 0.1) is 6.54 Å². The predicted molar refractivity (Wildman–Crippen MR) is 76.1 cm³/mol. The van der Waals surface area contributed by atoms with Crippen molar-refractivity contribution in [2.45, 2.75) is 39.2 Å². The van der Waals surface area contributed by atoms with E-state index in [1.165, 1.54) is 10.5 Å². The maximum atomic E-state index is 11.7. The Kier molecular flexibility index (Phi) is 4.89. The Morgan fingerprint density at radius 1 is 1.35 bits per heavy atom. The summed E-state index contributed by atoms with van der Waals surface area (Å²) in [5.74, 6) is -0.286. The summed E-state index contributed by atoms with van der Waals surface area (Å²) >= 11 is 1.62. The van der Waals surface area contributed by atoms with E-state index in [2.05, 4.69) is 5.32 Å². The average Bonchev–Trinajstić information content (AvgIpc) is 2.96. The Balaban J connectivity index is 1.67. The summed E-state index contributed by atoms with van der Waals surface area (Å²) < 4.78 is 0. The molecule has 1 aromatic rings. The third-order valence-electron chi connectivity index (χ3n) is 3.35. The summed E-state index contributed by atoms with van der Waals surface area (Å²) in [6, 6.07) is 2.02. The van der Waals surface area contributed by atoms with E-state index < -0.39 is 0 Å². The molecule has 1 N–H and O–H groups in total. The molecule has 1 fully saturated rings. The van der Waals surface area contributed by atoms with Crippen molar-refractivity contribution in [1.29, 1.82) is 0 Å². The third kappa shape index (κ3) is 3.66. The lowest BCUT2D eigenvalue weighted by atomic mass is 10.2. The zero-order chi connectivity index (χ0) is 14.5. The fourth-order valence-corrected chi connectivity index (χ4v) is 2.97. The Morgan fingerprint density at radius 2 is 2.05 bits per heavy atom. The van der Waals surface area contributed by atoms with E-state index in [0.29, 0.717) is 38.8 Å². The third-order valence-corrected chi connectivity index (χ3v) is 4.38. The molecule has 0 radical (unpaired) electrons. The molecule has 2 rings (SSSR count). The van der Waals surface area contributed by atoms with Gasteiger partial charge in [0.25, 0.3) is 0 Å².